The summed E-state index contributed by atoms with van der Waals surface area (Å²) in [5.74, 6) is 0.437. The number of hydrogen-bond acceptors (Lipinski definition) is 1. The van der Waals surface area contributed by atoms with Crippen LogP contribution in [-0.2, 0) is 6.42 Å². The molecule has 1 aliphatic rings. The highest BCUT2D eigenvalue weighted by Gasteiger charge is 2.29. The lowest BCUT2D eigenvalue weighted by atomic mass is 10.0. The molecule has 0 radical (unpaired) electrons. The third-order valence-electron chi connectivity index (χ3n) is 2.95. The van der Waals surface area contributed by atoms with Crippen molar-refractivity contribution in [3.05, 3.63) is 47.5 Å². The van der Waals surface area contributed by atoms with Crippen LogP contribution in [0.25, 0.3) is 0 Å². The molecule has 0 aromatic heterocycles. The standard InChI is InChI=1S/C13H14O/c1-3-5-10-8-12-9(2)6-4-7-11(12)13(10)14/h3-4,6-7,10H,1,5,8H2,2H3. The van der Waals surface area contributed by atoms with Gasteiger partial charge in [0.15, 0.2) is 5.78 Å². The molecular formula is C13H14O. The van der Waals surface area contributed by atoms with Gasteiger partial charge in [-0.1, -0.05) is 24.3 Å². The lowest BCUT2D eigenvalue weighted by Gasteiger charge is -2.02. The third-order valence-corrected chi connectivity index (χ3v) is 2.95. The predicted molar refractivity (Wildman–Crippen MR) is 57.5 cm³/mol. The van der Waals surface area contributed by atoms with Crippen LogP contribution in [0, 0.1) is 12.8 Å². The Morgan fingerprint density at radius 1 is 1.57 bits per heavy atom. The van der Waals surface area contributed by atoms with Crippen molar-refractivity contribution in [2.45, 2.75) is 19.8 Å². The molecule has 1 heteroatoms. The van der Waals surface area contributed by atoms with Gasteiger partial charge in [-0.15, -0.1) is 6.58 Å². The van der Waals surface area contributed by atoms with Crippen LogP contribution in [0.5, 0.6) is 0 Å². The molecule has 0 aliphatic heterocycles. The highest BCUT2D eigenvalue weighted by Crippen LogP contribution is 2.30. The number of hydrogen-bond donors (Lipinski definition) is 0. The Morgan fingerprint density at radius 2 is 2.36 bits per heavy atom. The SMILES string of the molecule is C=CCC1Cc2c(C)cccc2C1=O. The third kappa shape index (κ3) is 1.29. The van der Waals surface area contributed by atoms with E-state index < -0.39 is 0 Å². The van der Waals surface area contributed by atoms with Gasteiger partial charge < -0.3 is 0 Å². The molecular weight excluding hydrogens is 172 g/mol. The van der Waals surface area contributed by atoms with E-state index in [-0.39, 0.29) is 5.92 Å². The summed E-state index contributed by atoms with van der Waals surface area (Å²) in [6.45, 7) is 5.76. The first-order chi connectivity index (χ1) is 6.74. The molecule has 2 rings (SSSR count). The number of benzene rings is 1. The summed E-state index contributed by atoms with van der Waals surface area (Å²) in [5, 5.41) is 0. The normalized spacial score (nSPS) is 19.5. The molecule has 0 amide bonds. The molecule has 0 fully saturated rings. The van der Waals surface area contributed by atoms with E-state index >= 15 is 0 Å². The molecule has 72 valence electrons. The summed E-state index contributed by atoms with van der Waals surface area (Å²) in [6, 6.07) is 5.97. The summed E-state index contributed by atoms with van der Waals surface area (Å²) in [6.07, 6.45) is 3.53. The quantitative estimate of drug-likeness (QED) is 0.649. The van der Waals surface area contributed by atoms with Gasteiger partial charge in [0.1, 0.15) is 0 Å². The van der Waals surface area contributed by atoms with Crippen molar-refractivity contribution in [1.82, 2.24) is 0 Å². The van der Waals surface area contributed by atoms with Crippen molar-refractivity contribution in [3.63, 3.8) is 0 Å². The van der Waals surface area contributed by atoms with E-state index in [1.165, 1.54) is 11.1 Å². The number of Topliss-reactive ketones (excluding diaryl/α,β-unsaturated/α-hetero) is 1. The second kappa shape index (κ2) is 3.41. The van der Waals surface area contributed by atoms with Gasteiger partial charge in [-0.25, -0.2) is 0 Å². The van der Waals surface area contributed by atoms with Crippen molar-refractivity contribution in [1.29, 1.82) is 0 Å². The van der Waals surface area contributed by atoms with Crippen molar-refractivity contribution in [2.75, 3.05) is 0 Å². The van der Waals surface area contributed by atoms with Crippen LogP contribution < -0.4 is 0 Å². The minimum absolute atomic E-state index is 0.142. The van der Waals surface area contributed by atoms with Gasteiger partial charge in [-0.2, -0.15) is 0 Å². The van der Waals surface area contributed by atoms with E-state index in [4.69, 9.17) is 0 Å². The highest BCUT2D eigenvalue weighted by molar-refractivity contribution is 6.02. The number of rotatable bonds is 2. The maximum atomic E-state index is 11.9. The molecule has 1 aromatic carbocycles. The number of carbonyl (C=O) groups is 1. The smallest absolute Gasteiger partial charge is 0.166 e. The Morgan fingerprint density at radius 3 is 3.00 bits per heavy atom. The van der Waals surface area contributed by atoms with Gasteiger partial charge in [-0.3, -0.25) is 4.79 Å². The average molecular weight is 186 g/mol. The molecule has 0 saturated heterocycles. The monoisotopic (exact) mass is 186 g/mol. The van der Waals surface area contributed by atoms with Crippen molar-refractivity contribution in [3.8, 4) is 0 Å². The zero-order chi connectivity index (χ0) is 10.1. The largest absolute Gasteiger partial charge is 0.294 e. The van der Waals surface area contributed by atoms with Crippen LogP contribution in [-0.4, -0.2) is 5.78 Å². The Kier molecular flexibility index (Phi) is 2.24. The first-order valence-electron chi connectivity index (χ1n) is 4.97. The molecule has 0 saturated carbocycles. The summed E-state index contributed by atoms with van der Waals surface area (Å²) < 4.78 is 0. The van der Waals surface area contributed by atoms with Gasteiger partial charge in [0.25, 0.3) is 0 Å². The second-order valence-electron chi connectivity index (χ2n) is 3.89. The molecule has 1 unspecified atom stereocenters. The van der Waals surface area contributed by atoms with Crippen molar-refractivity contribution < 1.29 is 4.79 Å². The molecule has 1 nitrogen and oxygen atoms in total. The van der Waals surface area contributed by atoms with Crippen LogP contribution >= 0.6 is 0 Å². The molecule has 0 spiro atoms. The summed E-state index contributed by atoms with van der Waals surface area (Å²) >= 11 is 0. The zero-order valence-corrected chi connectivity index (χ0v) is 8.42. The van der Waals surface area contributed by atoms with Crippen LogP contribution in [0.2, 0.25) is 0 Å². The average Bonchev–Trinajstić information content (AvgIpc) is 2.48. The fourth-order valence-corrected chi connectivity index (χ4v) is 2.15. The number of ketones is 1. The molecule has 1 aliphatic carbocycles. The summed E-state index contributed by atoms with van der Waals surface area (Å²) in [7, 11) is 0. The predicted octanol–water partition coefficient (Wildman–Crippen LogP) is 2.93. The topological polar surface area (TPSA) is 17.1 Å². The summed E-state index contributed by atoms with van der Waals surface area (Å²) in [5.41, 5.74) is 3.41. The molecule has 0 N–H and O–H groups in total. The number of allylic oxidation sites excluding steroid dienone is 1. The molecule has 0 heterocycles. The van der Waals surface area contributed by atoms with Gasteiger partial charge >= 0.3 is 0 Å². The van der Waals surface area contributed by atoms with Gasteiger partial charge in [0, 0.05) is 11.5 Å². The number of aryl methyl sites for hydroxylation is 1. The highest BCUT2D eigenvalue weighted by atomic mass is 16.1. The van der Waals surface area contributed by atoms with Crippen LogP contribution in [0.4, 0.5) is 0 Å². The number of carbonyl (C=O) groups excluding carboxylic acids is 1. The first-order valence-corrected chi connectivity index (χ1v) is 4.97. The Balaban J connectivity index is 2.40. The van der Waals surface area contributed by atoms with E-state index in [0.717, 1.165) is 18.4 Å². The first kappa shape index (κ1) is 9.20. The molecule has 14 heavy (non-hydrogen) atoms. The Bertz CT molecular complexity index is 390. The van der Waals surface area contributed by atoms with Gasteiger partial charge in [0.05, 0.1) is 0 Å². The Hall–Kier alpha value is -1.37. The molecule has 0 bridgehead atoms. The molecule has 1 atom stereocenters. The minimum Gasteiger partial charge on any atom is -0.294 e. The van der Waals surface area contributed by atoms with E-state index in [1.54, 1.807) is 0 Å². The Labute approximate surface area is 84.5 Å². The van der Waals surface area contributed by atoms with E-state index in [2.05, 4.69) is 19.6 Å². The van der Waals surface area contributed by atoms with Crippen molar-refractivity contribution in [2.24, 2.45) is 5.92 Å². The maximum Gasteiger partial charge on any atom is 0.166 e. The lowest BCUT2D eigenvalue weighted by Crippen LogP contribution is -2.07. The van der Waals surface area contributed by atoms with Crippen LogP contribution in [0.1, 0.15) is 27.9 Å². The molecule has 1 aromatic rings. The van der Waals surface area contributed by atoms with E-state index in [0.29, 0.717) is 5.78 Å². The fourth-order valence-electron chi connectivity index (χ4n) is 2.15. The van der Waals surface area contributed by atoms with E-state index in [9.17, 15) is 4.79 Å². The van der Waals surface area contributed by atoms with Crippen molar-refractivity contribution >= 4 is 5.78 Å². The van der Waals surface area contributed by atoms with Crippen LogP contribution in [0.3, 0.4) is 0 Å². The minimum atomic E-state index is 0.142. The summed E-state index contributed by atoms with van der Waals surface area (Å²) in [4.78, 5) is 11.9. The van der Waals surface area contributed by atoms with Crippen LogP contribution in [0.15, 0.2) is 30.9 Å². The second-order valence-corrected chi connectivity index (χ2v) is 3.89. The van der Waals surface area contributed by atoms with Gasteiger partial charge in [0.2, 0.25) is 0 Å². The maximum absolute atomic E-state index is 11.9. The van der Waals surface area contributed by atoms with E-state index in [1.807, 2.05) is 18.2 Å². The lowest BCUT2D eigenvalue weighted by molar-refractivity contribution is 0.0938. The number of fused-ring (bicyclic) bond motifs is 1. The zero-order valence-electron chi connectivity index (χ0n) is 8.42. The van der Waals surface area contributed by atoms with Gasteiger partial charge in [-0.05, 0) is 30.9 Å². The fraction of sp³-hybridized carbons (Fsp3) is 0.308.